The number of benzene rings is 3. The molecule has 0 radical (unpaired) electrons. The minimum absolute atomic E-state index is 0.311. The lowest BCUT2D eigenvalue weighted by Gasteiger charge is -2.19. The second-order valence-electron chi connectivity index (χ2n) is 6.93. The highest BCUT2D eigenvalue weighted by Gasteiger charge is 2.20. The molecular formula is C25H23N3O5. The summed E-state index contributed by atoms with van der Waals surface area (Å²) >= 11 is 0. The number of nitrogens with zero attached hydrogens (tertiary/aromatic N) is 1. The predicted molar refractivity (Wildman–Crippen MR) is 124 cm³/mol. The van der Waals surface area contributed by atoms with E-state index in [1.165, 1.54) is 14.2 Å². The Kier molecular flexibility index (Phi) is 7.50. The van der Waals surface area contributed by atoms with Crippen molar-refractivity contribution in [2.75, 3.05) is 24.9 Å². The van der Waals surface area contributed by atoms with Crippen LogP contribution >= 0.6 is 0 Å². The van der Waals surface area contributed by atoms with Crippen LogP contribution in [-0.4, -0.2) is 32.1 Å². The van der Waals surface area contributed by atoms with Crippen molar-refractivity contribution in [1.29, 1.82) is 5.26 Å². The van der Waals surface area contributed by atoms with Crippen LogP contribution in [0.15, 0.2) is 66.7 Å². The minimum atomic E-state index is -0.896. The number of nitrogens with one attached hydrogen (secondary N) is 2. The molecule has 3 rings (SSSR count). The molecule has 0 spiro atoms. The molecule has 0 aliphatic heterocycles. The third-order valence-electron chi connectivity index (χ3n) is 4.74. The van der Waals surface area contributed by atoms with Gasteiger partial charge in [-0.25, -0.2) is 0 Å². The lowest BCUT2D eigenvalue weighted by molar-refractivity contribution is -0.122. The molecule has 0 saturated heterocycles. The third kappa shape index (κ3) is 5.60. The van der Waals surface area contributed by atoms with Gasteiger partial charge in [0.1, 0.15) is 23.3 Å². The Morgan fingerprint density at radius 1 is 0.848 bits per heavy atom. The molecule has 168 valence electrons. The molecule has 0 bridgehead atoms. The Morgan fingerprint density at radius 2 is 1.42 bits per heavy atom. The Morgan fingerprint density at radius 3 is 2.03 bits per heavy atom. The number of nitriles is 1. The van der Waals surface area contributed by atoms with Gasteiger partial charge in [-0.3, -0.25) is 9.59 Å². The van der Waals surface area contributed by atoms with Crippen LogP contribution in [0.2, 0.25) is 0 Å². The van der Waals surface area contributed by atoms with E-state index >= 15 is 0 Å². The Labute approximate surface area is 191 Å². The van der Waals surface area contributed by atoms with Gasteiger partial charge in [0.25, 0.3) is 11.8 Å². The average molecular weight is 445 g/mol. The van der Waals surface area contributed by atoms with Crippen LogP contribution in [-0.2, 0) is 4.79 Å². The first kappa shape index (κ1) is 23.2. The molecular weight excluding hydrogens is 422 g/mol. The largest absolute Gasteiger partial charge is 0.494 e. The molecule has 0 heterocycles. The fourth-order valence-corrected chi connectivity index (χ4v) is 3.02. The number of hydrogen-bond acceptors (Lipinski definition) is 6. The summed E-state index contributed by atoms with van der Waals surface area (Å²) in [4.78, 5) is 25.3. The molecule has 0 aromatic heterocycles. The van der Waals surface area contributed by atoms with E-state index in [2.05, 4.69) is 10.6 Å². The van der Waals surface area contributed by atoms with Gasteiger partial charge in [0.05, 0.1) is 31.2 Å². The summed E-state index contributed by atoms with van der Waals surface area (Å²) in [6.45, 7) is 1.57. The number of anilines is 2. The van der Waals surface area contributed by atoms with Crippen molar-refractivity contribution in [3.63, 3.8) is 0 Å². The summed E-state index contributed by atoms with van der Waals surface area (Å²) in [5, 5.41) is 14.7. The van der Waals surface area contributed by atoms with E-state index in [4.69, 9.17) is 14.2 Å². The van der Waals surface area contributed by atoms with Crippen LogP contribution in [0.3, 0.4) is 0 Å². The summed E-state index contributed by atoms with van der Waals surface area (Å²) in [6.07, 6.45) is -0.896. The molecule has 2 amide bonds. The van der Waals surface area contributed by atoms with Crippen LogP contribution in [0.5, 0.6) is 17.2 Å². The monoisotopic (exact) mass is 445 g/mol. The zero-order valence-corrected chi connectivity index (χ0v) is 18.4. The molecule has 0 fully saturated rings. The van der Waals surface area contributed by atoms with Crippen molar-refractivity contribution < 1.29 is 23.8 Å². The van der Waals surface area contributed by atoms with Crippen LogP contribution in [0.4, 0.5) is 11.4 Å². The maximum absolute atomic E-state index is 12.7. The third-order valence-corrected chi connectivity index (χ3v) is 4.74. The number of amides is 2. The highest BCUT2D eigenvalue weighted by Crippen LogP contribution is 2.37. The summed E-state index contributed by atoms with van der Waals surface area (Å²) in [6, 6.07) is 20.5. The van der Waals surface area contributed by atoms with Gasteiger partial charge < -0.3 is 24.8 Å². The van der Waals surface area contributed by atoms with Gasteiger partial charge in [-0.05, 0) is 31.2 Å². The quantitative estimate of drug-likeness (QED) is 0.537. The van der Waals surface area contributed by atoms with Crippen LogP contribution in [0.1, 0.15) is 22.8 Å². The number of carbonyl (C=O) groups is 2. The van der Waals surface area contributed by atoms with Crippen molar-refractivity contribution in [1.82, 2.24) is 0 Å². The lowest BCUT2D eigenvalue weighted by Crippen LogP contribution is -2.30. The fourth-order valence-electron chi connectivity index (χ4n) is 3.02. The van der Waals surface area contributed by atoms with E-state index in [0.717, 1.165) is 0 Å². The first-order valence-corrected chi connectivity index (χ1v) is 10.1. The number of rotatable bonds is 8. The lowest BCUT2D eigenvalue weighted by atomic mass is 10.2. The van der Waals surface area contributed by atoms with E-state index in [1.54, 1.807) is 67.6 Å². The SMILES string of the molecule is COc1cc(NC(=O)C(C)Oc2ccccc2C#N)c(OC)cc1NC(=O)c1ccccc1. The topological polar surface area (TPSA) is 110 Å². The average Bonchev–Trinajstić information content (AvgIpc) is 2.85. The molecule has 8 nitrogen and oxygen atoms in total. The smallest absolute Gasteiger partial charge is 0.265 e. The maximum Gasteiger partial charge on any atom is 0.265 e. The van der Waals surface area contributed by atoms with Crippen LogP contribution in [0, 0.1) is 11.3 Å². The van der Waals surface area contributed by atoms with E-state index in [1.807, 2.05) is 12.1 Å². The summed E-state index contributed by atoms with van der Waals surface area (Å²) < 4.78 is 16.5. The van der Waals surface area contributed by atoms with E-state index in [-0.39, 0.29) is 5.91 Å². The fraction of sp³-hybridized carbons (Fsp3) is 0.160. The summed E-state index contributed by atoms with van der Waals surface area (Å²) in [5.74, 6) is 0.192. The van der Waals surface area contributed by atoms with Crippen molar-refractivity contribution in [2.45, 2.75) is 13.0 Å². The van der Waals surface area contributed by atoms with Gasteiger partial charge in [-0.15, -0.1) is 0 Å². The number of methoxy groups -OCH3 is 2. The van der Waals surface area contributed by atoms with Gasteiger partial charge in [0, 0.05) is 17.7 Å². The van der Waals surface area contributed by atoms with Gasteiger partial charge in [0.2, 0.25) is 0 Å². The van der Waals surface area contributed by atoms with Gasteiger partial charge >= 0.3 is 0 Å². The maximum atomic E-state index is 12.7. The Bertz CT molecular complexity index is 1190. The second-order valence-corrected chi connectivity index (χ2v) is 6.93. The van der Waals surface area contributed by atoms with Gasteiger partial charge in [-0.2, -0.15) is 5.26 Å². The number of ether oxygens (including phenoxy) is 3. The van der Waals surface area contributed by atoms with Crippen molar-refractivity contribution in [2.24, 2.45) is 0 Å². The predicted octanol–water partition coefficient (Wildman–Crippen LogP) is 4.23. The number of para-hydroxylation sites is 1. The summed E-state index contributed by atoms with van der Waals surface area (Å²) in [7, 11) is 2.90. The number of hydrogen-bond donors (Lipinski definition) is 2. The molecule has 33 heavy (non-hydrogen) atoms. The second kappa shape index (κ2) is 10.7. The molecule has 3 aromatic rings. The molecule has 8 heteroatoms. The molecule has 0 aliphatic rings. The van der Waals surface area contributed by atoms with Gasteiger partial charge in [0.15, 0.2) is 6.10 Å². The Hall–Kier alpha value is -4.51. The minimum Gasteiger partial charge on any atom is -0.494 e. The van der Waals surface area contributed by atoms with Crippen molar-refractivity contribution >= 4 is 23.2 Å². The van der Waals surface area contributed by atoms with Crippen molar-refractivity contribution in [3.05, 3.63) is 77.9 Å². The van der Waals surface area contributed by atoms with Crippen LogP contribution in [0.25, 0.3) is 0 Å². The highest BCUT2D eigenvalue weighted by atomic mass is 16.5. The zero-order chi connectivity index (χ0) is 23.8. The molecule has 3 aromatic carbocycles. The summed E-state index contributed by atoms with van der Waals surface area (Å²) in [5.41, 5.74) is 1.53. The molecule has 0 aliphatic carbocycles. The van der Waals surface area contributed by atoms with E-state index < -0.39 is 12.0 Å². The highest BCUT2D eigenvalue weighted by molar-refractivity contribution is 6.05. The Balaban J connectivity index is 1.79. The molecule has 2 N–H and O–H groups in total. The zero-order valence-electron chi connectivity index (χ0n) is 18.4. The van der Waals surface area contributed by atoms with E-state index in [9.17, 15) is 14.9 Å². The number of carbonyl (C=O) groups excluding carboxylic acids is 2. The first-order chi connectivity index (χ1) is 16.0. The standard InChI is InChI=1S/C25H23N3O5/c1-16(33-21-12-8-7-11-18(21)15-26)24(29)27-19-13-23(32-3)20(14-22(19)31-2)28-25(30)17-9-5-4-6-10-17/h4-14,16H,1-3H3,(H,27,29)(H,28,30). The normalized spacial score (nSPS) is 11.0. The molecule has 1 unspecified atom stereocenters. The van der Waals surface area contributed by atoms with E-state index in [0.29, 0.717) is 39.8 Å². The molecule has 1 atom stereocenters. The van der Waals surface area contributed by atoms with Crippen molar-refractivity contribution in [3.8, 4) is 23.3 Å². The molecule has 0 saturated carbocycles. The first-order valence-electron chi connectivity index (χ1n) is 10.1. The van der Waals surface area contributed by atoms with Crippen LogP contribution < -0.4 is 24.8 Å². The van der Waals surface area contributed by atoms with Gasteiger partial charge in [-0.1, -0.05) is 30.3 Å².